The van der Waals surface area contributed by atoms with E-state index in [1.54, 1.807) is 11.8 Å². The number of hydrogen-bond donors (Lipinski definition) is 0. The molecule has 0 radical (unpaired) electrons. The topological polar surface area (TPSA) is 70.2 Å². The molecule has 0 saturated carbocycles. The summed E-state index contributed by atoms with van der Waals surface area (Å²) in [5.74, 6) is -0.693. The fraction of sp³-hybridized carbons (Fsp3) is 0.400. The largest absolute Gasteiger partial charge is 0.466 e. The van der Waals surface area contributed by atoms with Gasteiger partial charge in [0.15, 0.2) is 0 Å². The van der Waals surface area contributed by atoms with Crippen molar-refractivity contribution < 1.29 is 19.1 Å². The number of benzene rings is 2. The molecular weight excluding hydrogens is 406 g/mol. The second kappa shape index (κ2) is 9.42. The zero-order chi connectivity index (χ0) is 22.7. The van der Waals surface area contributed by atoms with Crippen LogP contribution in [-0.2, 0) is 14.3 Å². The van der Waals surface area contributed by atoms with Crippen molar-refractivity contribution in [3.8, 4) is 0 Å². The maximum absolute atomic E-state index is 12.7. The van der Waals surface area contributed by atoms with Crippen LogP contribution in [0.2, 0.25) is 0 Å². The molecule has 0 N–H and O–H groups in total. The third kappa shape index (κ3) is 4.61. The van der Waals surface area contributed by atoms with Gasteiger partial charge < -0.3 is 19.4 Å². The SMILES string of the molecule is CCOC(=O)[C@@H]1CC(=O)N(c2ccc(N3CCN(C(=O)c4ccc(C)cc4)CC3)cc2)C1. The Bertz CT molecular complexity index is 979. The van der Waals surface area contributed by atoms with Crippen molar-refractivity contribution in [2.24, 2.45) is 5.92 Å². The van der Waals surface area contributed by atoms with Gasteiger partial charge in [-0.2, -0.15) is 0 Å². The lowest BCUT2D eigenvalue weighted by molar-refractivity contribution is -0.147. The summed E-state index contributed by atoms with van der Waals surface area (Å²) in [4.78, 5) is 42.9. The van der Waals surface area contributed by atoms with Gasteiger partial charge in [0.05, 0.1) is 12.5 Å². The minimum absolute atomic E-state index is 0.0564. The predicted octanol–water partition coefficient (Wildman–Crippen LogP) is 2.87. The molecule has 0 bridgehead atoms. The van der Waals surface area contributed by atoms with Crippen LogP contribution in [0.15, 0.2) is 48.5 Å². The van der Waals surface area contributed by atoms with Gasteiger partial charge in [-0.25, -0.2) is 0 Å². The van der Waals surface area contributed by atoms with Crippen molar-refractivity contribution in [3.63, 3.8) is 0 Å². The smallest absolute Gasteiger partial charge is 0.311 e. The zero-order valence-corrected chi connectivity index (χ0v) is 18.6. The van der Waals surface area contributed by atoms with E-state index in [2.05, 4.69) is 4.90 Å². The molecular formula is C25H29N3O4. The number of aryl methyl sites for hydroxylation is 1. The van der Waals surface area contributed by atoms with E-state index in [-0.39, 0.29) is 24.2 Å². The highest BCUT2D eigenvalue weighted by molar-refractivity contribution is 5.99. The molecule has 0 unspecified atom stereocenters. The summed E-state index contributed by atoms with van der Waals surface area (Å²) < 4.78 is 5.06. The monoisotopic (exact) mass is 435 g/mol. The van der Waals surface area contributed by atoms with Crippen molar-refractivity contribution in [2.45, 2.75) is 20.3 Å². The molecule has 2 aliphatic rings. The molecule has 2 aromatic rings. The molecule has 2 saturated heterocycles. The van der Waals surface area contributed by atoms with Crippen LogP contribution in [0.1, 0.15) is 29.3 Å². The molecule has 0 aliphatic carbocycles. The van der Waals surface area contributed by atoms with Crippen LogP contribution in [0, 0.1) is 12.8 Å². The number of carbonyl (C=O) groups is 3. The molecule has 0 aromatic heterocycles. The van der Waals surface area contributed by atoms with Crippen LogP contribution >= 0.6 is 0 Å². The van der Waals surface area contributed by atoms with E-state index in [1.807, 2.05) is 60.4 Å². The van der Waals surface area contributed by atoms with Crippen LogP contribution in [0.4, 0.5) is 11.4 Å². The van der Waals surface area contributed by atoms with Gasteiger partial charge in [0.1, 0.15) is 0 Å². The first-order chi connectivity index (χ1) is 15.5. The Balaban J connectivity index is 1.34. The van der Waals surface area contributed by atoms with E-state index in [0.717, 1.165) is 35.6 Å². The Morgan fingerprint density at radius 1 is 0.938 bits per heavy atom. The maximum atomic E-state index is 12.7. The summed E-state index contributed by atoms with van der Waals surface area (Å²) in [6.07, 6.45) is 0.192. The van der Waals surface area contributed by atoms with Gasteiger partial charge in [-0.05, 0) is 50.2 Å². The summed E-state index contributed by atoms with van der Waals surface area (Å²) in [6, 6.07) is 15.5. The van der Waals surface area contributed by atoms with E-state index in [4.69, 9.17) is 4.74 Å². The maximum Gasteiger partial charge on any atom is 0.311 e. The average Bonchev–Trinajstić information content (AvgIpc) is 3.21. The summed E-state index contributed by atoms with van der Waals surface area (Å²) in [6.45, 7) is 7.30. The van der Waals surface area contributed by atoms with Crippen LogP contribution in [0.5, 0.6) is 0 Å². The molecule has 32 heavy (non-hydrogen) atoms. The predicted molar refractivity (Wildman–Crippen MR) is 123 cm³/mol. The Labute approximate surface area is 188 Å². The van der Waals surface area contributed by atoms with E-state index in [9.17, 15) is 14.4 Å². The fourth-order valence-corrected chi connectivity index (χ4v) is 4.26. The second-order valence-electron chi connectivity index (χ2n) is 8.32. The van der Waals surface area contributed by atoms with Gasteiger partial charge in [0.25, 0.3) is 5.91 Å². The number of esters is 1. The lowest BCUT2D eigenvalue weighted by atomic mass is 10.1. The normalized spacial score (nSPS) is 18.8. The van der Waals surface area contributed by atoms with Crippen molar-refractivity contribution >= 4 is 29.2 Å². The van der Waals surface area contributed by atoms with E-state index < -0.39 is 5.92 Å². The highest BCUT2D eigenvalue weighted by atomic mass is 16.5. The van der Waals surface area contributed by atoms with Crippen molar-refractivity contribution in [1.29, 1.82) is 0 Å². The molecule has 2 fully saturated rings. The van der Waals surface area contributed by atoms with Gasteiger partial charge in [-0.3, -0.25) is 14.4 Å². The molecule has 7 heteroatoms. The van der Waals surface area contributed by atoms with E-state index in [0.29, 0.717) is 26.2 Å². The molecule has 168 valence electrons. The lowest BCUT2D eigenvalue weighted by Crippen LogP contribution is -2.48. The Hall–Kier alpha value is -3.35. The van der Waals surface area contributed by atoms with Gasteiger partial charge in [-0.15, -0.1) is 0 Å². The number of rotatable bonds is 5. The first-order valence-electron chi connectivity index (χ1n) is 11.1. The van der Waals surface area contributed by atoms with Crippen LogP contribution in [0.25, 0.3) is 0 Å². The summed E-state index contributed by atoms with van der Waals surface area (Å²) in [5, 5.41) is 0. The number of ether oxygens (including phenoxy) is 1. The number of amides is 2. The van der Waals surface area contributed by atoms with Crippen LogP contribution < -0.4 is 9.80 Å². The van der Waals surface area contributed by atoms with E-state index >= 15 is 0 Å². The second-order valence-corrected chi connectivity index (χ2v) is 8.32. The van der Waals surface area contributed by atoms with E-state index in [1.165, 1.54) is 0 Å². The molecule has 2 amide bonds. The van der Waals surface area contributed by atoms with Gasteiger partial charge in [0, 0.05) is 56.1 Å². The van der Waals surface area contributed by atoms with Crippen molar-refractivity contribution in [1.82, 2.24) is 4.90 Å². The third-order valence-electron chi connectivity index (χ3n) is 6.14. The molecule has 1 atom stereocenters. The highest BCUT2D eigenvalue weighted by Crippen LogP contribution is 2.28. The molecule has 2 aliphatic heterocycles. The standard InChI is InChI=1S/C25H29N3O4/c1-3-32-25(31)20-16-23(29)28(17-20)22-10-8-21(9-11-22)26-12-14-27(15-13-26)24(30)19-6-4-18(2)5-7-19/h4-11,20H,3,12-17H2,1-2H3/t20-/m1/s1. The van der Waals surface area contributed by atoms with Gasteiger partial charge >= 0.3 is 5.97 Å². The first-order valence-corrected chi connectivity index (χ1v) is 11.1. The molecule has 4 rings (SSSR count). The highest BCUT2D eigenvalue weighted by Gasteiger charge is 2.36. The number of anilines is 2. The number of nitrogens with zero attached hydrogens (tertiary/aromatic N) is 3. The molecule has 7 nitrogen and oxygen atoms in total. The summed E-state index contributed by atoms with van der Waals surface area (Å²) in [5.41, 5.74) is 3.72. The summed E-state index contributed by atoms with van der Waals surface area (Å²) in [7, 11) is 0. The summed E-state index contributed by atoms with van der Waals surface area (Å²) >= 11 is 0. The van der Waals surface area contributed by atoms with Crippen molar-refractivity contribution in [3.05, 3.63) is 59.7 Å². The molecule has 2 heterocycles. The van der Waals surface area contributed by atoms with Crippen molar-refractivity contribution in [2.75, 3.05) is 49.1 Å². The Kier molecular flexibility index (Phi) is 6.44. The zero-order valence-electron chi connectivity index (χ0n) is 18.6. The number of hydrogen-bond acceptors (Lipinski definition) is 5. The Morgan fingerprint density at radius 3 is 2.19 bits per heavy atom. The first kappa shape index (κ1) is 21.9. The quantitative estimate of drug-likeness (QED) is 0.676. The van der Waals surface area contributed by atoms with Crippen LogP contribution in [-0.4, -0.2) is 62.0 Å². The van der Waals surface area contributed by atoms with Gasteiger partial charge in [0.2, 0.25) is 5.91 Å². The minimum Gasteiger partial charge on any atom is -0.466 e. The third-order valence-corrected chi connectivity index (χ3v) is 6.14. The Morgan fingerprint density at radius 2 is 1.56 bits per heavy atom. The molecule has 0 spiro atoms. The van der Waals surface area contributed by atoms with Crippen LogP contribution in [0.3, 0.4) is 0 Å². The average molecular weight is 436 g/mol. The fourth-order valence-electron chi connectivity index (χ4n) is 4.26. The lowest BCUT2D eigenvalue weighted by Gasteiger charge is -2.36. The minimum atomic E-state index is -0.402. The van der Waals surface area contributed by atoms with Gasteiger partial charge in [-0.1, -0.05) is 17.7 Å². The number of carbonyl (C=O) groups excluding carboxylic acids is 3. The number of piperazine rings is 1. The molecule has 2 aromatic carbocycles.